The second-order valence-electron chi connectivity index (χ2n) is 3.79. The van der Waals surface area contributed by atoms with Gasteiger partial charge in [-0.15, -0.1) is 0 Å². The van der Waals surface area contributed by atoms with Crippen LogP contribution in [0.4, 0.5) is 5.69 Å². The Bertz CT molecular complexity index is 397. The van der Waals surface area contributed by atoms with Crippen molar-refractivity contribution in [3.8, 4) is 5.75 Å². The first-order valence-electron chi connectivity index (χ1n) is 5.46. The molecule has 0 aliphatic heterocycles. The van der Waals surface area contributed by atoms with Gasteiger partial charge in [-0.25, -0.2) is 0 Å². The third kappa shape index (κ3) is 4.73. The fourth-order valence-electron chi connectivity index (χ4n) is 1.49. The van der Waals surface area contributed by atoms with Crippen molar-refractivity contribution < 1.29 is 24.9 Å². The minimum absolute atomic E-state index is 0.0690. The second kappa shape index (κ2) is 6.48. The fourth-order valence-corrected chi connectivity index (χ4v) is 1.49. The summed E-state index contributed by atoms with van der Waals surface area (Å²) in [5, 5.41) is 26.5. The van der Waals surface area contributed by atoms with Crippen LogP contribution in [0, 0.1) is 0 Å². The molecule has 0 atom stereocenters. The molecule has 1 aromatic carbocycles. The van der Waals surface area contributed by atoms with Crippen LogP contribution in [-0.4, -0.2) is 40.3 Å². The summed E-state index contributed by atoms with van der Waals surface area (Å²) in [4.78, 5) is 22.8. The quantitative estimate of drug-likeness (QED) is 0.674. The maximum absolute atomic E-state index is 10.5. The molecule has 3 N–H and O–H groups in total. The van der Waals surface area contributed by atoms with E-state index < -0.39 is 11.9 Å². The van der Waals surface area contributed by atoms with E-state index in [1.165, 1.54) is 12.1 Å². The highest BCUT2D eigenvalue weighted by atomic mass is 16.4. The van der Waals surface area contributed by atoms with Crippen molar-refractivity contribution in [2.75, 3.05) is 18.0 Å². The van der Waals surface area contributed by atoms with E-state index >= 15 is 0 Å². The van der Waals surface area contributed by atoms with E-state index in [4.69, 9.17) is 15.3 Å². The number of benzene rings is 1. The molecule has 0 spiro atoms. The molecule has 1 rings (SSSR count). The average molecular weight is 253 g/mol. The molecular formula is C12H15NO5. The summed E-state index contributed by atoms with van der Waals surface area (Å²) in [5.74, 6) is -1.77. The van der Waals surface area contributed by atoms with Crippen LogP contribution in [0.1, 0.15) is 12.8 Å². The smallest absolute Gasteiger partial charge is 0.305 e. The Hall–Kier alpha value is -2.24. The third-order valence-electron chi connectivity index (χ3n) is 2.41. The normalized spacial score (nSPS) is 10.0. The van der Waals surface area contributed by atoms with Crippen LogP contribution < -0.4 is 4.90 Å². The Kier molecular flexibility index (Phi) is 4.98. The average Bonchev–Trinajstić information content (AvgIpc) is 2.30. The van der Waals surface area contributed by atoms with E-state index in [0.29, 0.717) is 5.69 Å². The van der Waals surface area contributed by atoms with Gasteiger partial charge in [-0.3, -0.25) is 9.59 Å². The summed E-state index contributed by atoms with van der Waals surface area (Å²) in [6.07, 6.45) is -0.138. The lowest BCUT2D eigenvalue weighted by Gasteiger charge is -2.23. The zero-order chi connectivity index (χ0) is 13.5. The number of carboxylic acids is 2. The van der Waals surface area contributed by atoms with Gasteiger partial charge >= 0.3 is 11.9 Å². The molecule has 0 amide bonds. The van der Waals surface area contributed by atoms with E-state index in [2.05, 4.69) is 0 Å². The molecule has 0 saturated carbocycles. The predicted molar refractivity (Wildman–Crippen MR) is 64.8 cm³/mol. The number of carboxylic acid groups (broad SMARTS) is 2. The standard InChI is InChI=1S/C12H15NO5/c14-10-3-1-9(2-4-10)13(7-5-11(15)16)8-6-12(17)18/h1-4,14H,5-8H2,(H,15,16)(H,17,18). The molecular weight excluding hydrogens is 238 g/mol. The molecule has 0 aromatic heterocycles. The molecule has 0 bridgehead atoms. The van der Waals surface area contributed by atoms with Gasteiger partial charge in [0.2, 0.25) is 0 Å². The summed E-state index contributed by atoms with van der Waals surface area (Å²) in [7, 11) is 0. The minimum Gasteiger partial charge on any atom is -0.508 e. The zero-order valence-electron chi connectivity index (χ0n) is 9.74. The summed E-state index contributed by atoms with van der Waals surface area (Å²) in [5.41, 5.74) is 0.690. The van der Waals surface area contributed by atoms with Gasteiger partial charge < -0.3 is 20.2 Å². The Balaban J connectivity index is 2.71. The van der Waals surface area contributed by atoms with Crippen molar-refractivity contribution in [1.29, 1.82) is 0 Å². The van der Waals surface area contributed by atoms with Gasteiger partial charge in [0.25, 0.3) is 0 Å². The summed E-state index contributed by atoms with van der Waals surface area (Å²) < 4.78 is 0. The maximum Gasteiger partial charge on any atom is 0.305 e. The number of nitrogens with zero attached hydrogens (tertiary/aromatic N) is 1. The highest BCUT2D eigenvalue weighted by molar-refractivity contribution is 5.69. The van der Waals surface area contributed by atoms with E-state index in [9.17, 15) is 9.59 Å². The van der Waals surface area contributed by atoms with Crippen LogP contribution >= 0.6 is 0 Å². The summed E-state index contributed by atoms with van der Waals surface area (Å²) in [6, 6.07) is 6.20. The second-order valence-corrected chi connectivity index (χ2v) is 3.79. The molecule has 98 valence electrons. The Morgan fingerprint density at radius 3 is 1.78 bits per heavy atom. The number of carbonyl (C=O) groups is 2. The number of hydrogen-bond acceptors (Lipinski definition) is 4. The van der Waals surface area contributed by atoms with Crippen LogP contribution in [0.15, 0.2) is 24.3 Å². The molecule has 6 nitrogen and oxygen atoms in total. The minimum atomic E-state index is -0.936. The lowest BCUT2D eigenvalue weighted by molar-refractivity contribution is -0.137. The van der Waals surface area contributed by atoms with Gasteiger partial charge in [0.15, 0.2) is 0 Å². The van der Waals surface area contributed by atoms with E-state index in [0.717, 1.165) is 0 Å². The third-order valence-corrected chi connectivity index (χ3v) is 2.41. The van der Waals surface area contributed by atoms with E-state index in [1.807, 2.05) is 0 Å². The molecule has 0 fully saturated rings. The van der Waals surface area contributed by atoms with Crippen molar-refractivity contribution in [2.24, 2.45) is 0 Å². The molecule has 18 heavy (non-hydrogen) atoms. The predicted octanol–water partition coefficient (Wildman–Crippen LogP) is 1.15. The number of phenols is 1. The highest BCUT2D eigenvalue weighted by Crippen LogP contribution is 2.18. The van der Waals surface area contributed by atoms with E-state index in [1.54, 1.807) is 17.0 Å². The number of aliphatic carboxylic acids is 2. The lowest BCUT2D eigenvalue weighted by atomic mass is 10.2. The first-order valence-corrected chi connectivity index (χ1v) is 5.46. The van der Waals surface area contributed by atoms with Crippen molar-refractivity contribution in [3.05, 3.63) is 24.3 Å². The van der Waals surface area contributed by atoms with E-state index in [-0.39, 0.29) is 31.7 Å². The Morgan fingerprint density at radius 1 is 0.944 bits per heavy atom. The van der Waals surface area contributed by atoms with Crippen LogP contribution in [0.25, 0.3) is 0 Å². The number of anilines is 1. The molecule has 0 saturated heterocycles. The van der Waals surface area contributed by atoms with Gasteiger partial charge in [0, 0.05) is 18.8 Å². The number of aromatic hydroxyl groups is 1. The lowest BCUT2D eigenvalue weighted by Crippen LogP contribution is -2.28. The van der Waals surface area contributed by atoms with Crippen molar-refractivity contribution in [1.82, 2.24) is 0 Å². The topological polar surface area (TPSA) is 98.1 Å². The van der Waals surface area contributed by atoms with Gasteiger partial charge in [0.05, 0.1) is 12.8 Å². The number of rotatable bonds is 7. The molecule has 0 radical (unpaired) electrons. The first kappa shape index (κ1) is 13.8. The van der Waals surface area contributed by atoms with Gasteiger partial charge in [-0.2, -0.15) is 0 Å². The van der Waals surface area contributed by atoms with Crippen molar-refractivity contribution in [3.63, 3.8) is 0 Å². The zero-order valence-corrected chi connectivity index (χ0v) is 9.74. The largest absolute Gasteiger partial charge is 0.508 e. The molecule has 0 heterocycles. The Labute approximate surface area is 104 Å². The fraction of sp³-hybridized carbons (Fsp3) is 0.333. The maximum atomic E-state index is 10.5. The van der Waals surface area contributed by atoms with Crippen molar-refractivity contribution in [2.45, 2.75) is 12.8 Å². The highest BCUT2D eigenvalue weighted by Gasteiger charge is 2.10. The van der Waals surface area contributed by atoms with Crippen LogP contribution in [0.3, 0.4) is 0 Å². The first-order chi connectivity index (χ1) is 8.49. The van der Waals surface area contributed by atoms with Crippen LogP contribution in [0.5, 0.6) is 5.75 Å². The summed E-state index contributed by atoms with van der Waals surface area (Å²) in [6.45, 7) is 0.459. The monoisotopic (exact) mass is 253 g/mol. The molecule has 0 unspecified atom stereocenters. The van der Waals surface area contributed by atoms with Crippen molar-refractivity contribution >= 4 is 17.6 Å². The molecule has 0 aliphatic rings. The Morgan fingerprint density at radius 2 is 1.39 bits per heavy atom. The van der Waals surface area contributed by atoms with Gasteiger partial charge in [-0.05, 0) is 24.3 Å². The van der Waals surface area contributed by atoms with Gasteiger partial charge in [-0.1, -0.05) is 0 Å². The van der Waals surface area contributed by atoms with Gasteiger partial charge in [0.1, 0.15) is 5.75 Å². The summed E-state index contributed by atoms with van der Waals surface area (Å²) >= 11 is 0. The number of phenolic OH excluding ortho intramolecular Hbond substituents is 1. The van der Waals surface area contributed by atoms with Crippen LogP contribution in [-0.2, 0) is 9.59 Å². The SMILES string of the molecule is O=C(O)CCN(CCC(=O)O)c1ccc(O)cc1. The number of hydrogen-bond donors (Lipinski definition) is 3. The van der Waals surface area contributed by atoms with Crippen LogP contribution in [0.2, 0.25) is 0 Å². The molecule has 0 aliphatic carbocycles. The molecule has 6 heteroatoms. The molecule has 1 aromatic rings.